The van der Waals surface area contributed by atoms with Crippen LogP contribution in [0, 0.1) is 0 Å². The van der Waals surface area contributed by atoms with Crippen LogP contribution in [-0.4, -0.2) is 50.7 Å². The molecular formula is C8H18ClNO3S. The number of alkyl halides is 1. The summed E-state index contributed by atoms with van der Waals surface area (Å²) in [6, 6.07) is 0. The Morgan fingerprint density at radius 3 is 2.29 bits per heavy atom. The minimum atomic E-state index is -3.27. The first kappa shape index (κ1) is 14.2. The minimum Gasteiger partial charge on any atom is -0.384 e. The van der Waals surface area contributed by atoms with Gasteiger partial charge in [-0.3, -0.25) is 0 Å². The van der Waals surface area contributed by atoms with Crippen LogP contribution in [0.5, 0.6) is 0 Å². The molecule has 0 amide bonds. The topological polar surface area (TPSA) is 46.6 Å². The summed E-state index contributed by atoms with van der Waals surface area (Å²) in [5.41, 5.74) is -0.561. The second-order valence-corrected chi connectivity index (χ2v) is 6.11. The van der Waals surface area contributed by atoms with Gasteiger partial charge >= 0.3 is 0 Å². The Bertz CT molecular complexity index is 264. The van der Waals surface area contributed by atoms with E-state index < -0.39 is 15.6 Å². The summed E-state index contributed by atoms with van der Waals surface area (Å²) in [6.07, 6.45) is 0. The van der Waals surface area contributed by atoms with Gasteiger partial charge < -0.3 is 4.74 Å². The smallest absolute Gasteiger partial charge is 0.216 e. The van der Waals surface area contributed by atoms with Gasteiger partial charge in [0.15, 0.2) is 0 Å². The van der Waals surface area contributed by atoms with Gasteiger partial charge in [0.1, 0.15) is 0 Å². The summed E-state index contributed by atoms with van der Waals surface area (Å²) in [6.45, 7) is 3.76. The Kier molecular flexibility index (Phi) is 5.36. The van der Waals surface area contributed by atoms with Gasteiger partial charge in [0, 0.05) is 25.6 Å². The molecule has 0 aromatic carbocycles. The standard InChI is InChI=1S/C8H18ClNO3S/c1-8(2,7-9)10(3)14(11,12)6-5-13-4/h5-7H2,1-4H3. The van der Waals surface area contributed by atoms with Gasteiger partial charge in [0.2, 0.25) is 10.0 Å². The van der Waals surface area contributed by atoms with Gasteiger partial charge in [0.05, 0.1) is 12.4 Å². The predicted octanol–water partition coefficient (Wildman–Crippen LogP) is 0.912. The number of halogens is 1. The Balaban J connectivity index is 4.59. The highest BCUT2D eigenvalue weighted by Gasteiger charge is 2.31. The zero-order valence-electron chi connectivity index (χ0n) is 9.08. The van der Waals surface area contributed by atoms with Crippen LogP contribution < -0.4 is 0 Å². The summed E-state index contributed by atoms with van der Waals surface area (Å²) < 4.78 is 29.4. The summed E-state index contributed by atoms with van der Waals surface area (Å²) >= 11 is 5.69. The maximum Gasteiger partial charge on any atom is 0.216 e. The number of methoxy groups -OCH3 is 1. The molecule has 14 heavy (non-hydrogen) atoms. The van der Waals surface area contributed by atoms with Crippen LogP contribution in [-0.2, 0) is 14.8 Å². The van der Waals surface area contributed by atoms with Crippen molar-refractivity contribution in [3.63, 3.8) is 0 Å². The molecular weight excluding hydrogens is 226 g/mol. The van der Waals surface area contributed by atoms with Crippen molar-refractivity contribution in [1.29, 1.82) is 0 Å². The average Bonchev–Trinajstić information content (AvgIpc) is 2.13. The monoisotopic (exact) mass is 243 g/mol. The highest BCUT2D eigenvalue weighted by Crippen LogP contribution is 2.18. The SMILES string of the molecule is COCCS(=O)(=O)N(C)C(C)(C)CCl. The summed E-state index contributed by atoms with van der Waals surface area (Å²) in [7, 11) is -0.259. The number of rotatable bonds is 6. The van der Waals surface area contributed by atoms with Gasteiger partial charge in [-0.05, 0) is 13.8 Å². The molecule has 0 N–H and O–H groups in total. The molecule has 0 unspecified atom stereocenters. The van der Waals surface area contributed by atoms with E-state index in [2.05, 4.69) is 0 Å². The summed E-state index contributed by atoms with van der Waals surface area (Å²) in [5, 5.41) is 0. The first-order valence-corrected chi connectivity index (χ1v) is 6.44. The maximum atomic E-state index is 11.7. The van der Waals surface area contributed by atoms with Crippen LogP contribution in [0.3, 0.4) is 0 Å². The van der Waals surface area contributed by atoms with Crippen LogP contribution >= 0.6 is 11.6 Å². The van der Waals surface area contributed by atoms with Crippen molar-refractivity contribution in [2.24, 2.45) is 0 Å². The summed E-state index contributed by atoms with van der Waals surface area (Å²) in [4.78, 5) is 0. The van der Waals surface area contributed by atoms with Crippen molar-refractivity contribution in [2.75, 3.05) is 32.4 Å². The average molecular weight is 244 g/mol. The van der Waals surface area contributed by atoms with E-state index in [1.54, 1.807) is 13.8 Å². The molecule has 0 radical (unpaired) electrons. The molecule has 0 aliphatic carbocycles. The zero-order valence-corrected chi connectivity index (χ0v) is 10.7. The van der Waals surface area contributed by atoms with Crippen molar-refractivity contribution in [3.8, 4) is 0 Å². The van der Waals surface area contributed by atoms with E-state index in [4.69, 9.17) is 16.3 Å². The number of hydrogen-bond acceptors (Lipinski definition) is 3. The van der Waals surface area contributed by atoms with Crippen molar-refractivity contribution in [1.82, 2.24) is 4.31 Å². The summed E-state index contributed by atoms with van der Waals surface area (Å²) in [5.74, 6) is 0.246. The van der Waals surface area contributed by atoms with E-state index in [0.717, 1.165) is 0 Å². The minimum absolute atomic E-state index is 0.0136. The Hall–Kier alpha value is 0.160. The first-order chi connectivity index (χ1) is 6.28. The second kappa shape index (κ2) is 5.30. The lowest BCUT2D eigenvalue weighted by Gasteiger charge is -2.32. The normalized spacial score (nSPS) is 13.6. The van der Waals surface area contributed by atoms with Gasteiger partial charge in [-0.15, -0.1) is 11.6 Å². The number of sulfonamides is 1. The van der Waals surface area contributed by atoms with Crippen LogP contribution in [0.15, 0.2) is 0 Å². The quantitative estimate of drug-likeness (QED) is 0.652. The molecule has 0 aromatic rings. The van der Waals surface area contributed by atoms with Gasteiger partial charge in [-0.1, -0.05) is 0 Å². The van der Waals surface area contributed by atoms with E-state index in [9.17, 15) is 8.42 Å². The third-order valence-corrected chi connectivity index (χ3v) is 4.81. The third-order valence-electron chi connectivity index (χ3n) is 2.14. The molecule has 0 aromatic heterocycles. The van der Waals surface area contributed by atoms with Crippen molar-refractivity contribution in [3.05, 3.63) is 0 Å². The molecule has 0 bridgehead atoms. The van der Waals surface area contributed by atoms with E-state index in [0.29, 0.717) is 0 Å². The largest absolute Gasteiger partial charge is 0.384 e. The van der Waals surface area contributed by atoms with Crippen LogP contribution in [0.25, 0.3) is 0 Å². The maximum absolute atomic E-state index is 11.7. The lowest BCUT2D eigenvalue weighted by molar-refractivity contribution is 0.213. The van der Waals surface area contributed by atoms with Crippen molar-refractivity contribution >= 4 is 21.6 Å². The Labute approximate surface area is 91.2 Å². The fraction of sp³-hybridized carbons (Fsp3) is 1.00. The Morgan fingerprint density at radius 2 is 1.93 bits per heavy atom. The van der Waals surface area contributed by atoms with Gasteiger partial charge in [-0.25, -0.2) is 8.42 Å². The van der Waals surface area contributed by atoms with Gasteiger partial charge in [-0.2, -0.15) is 4.31 Å². The molecule has 0 spiro atoms. The molecule has 86 valence electrons. The van der Waals surface area contributed by atoms with E-state index in [1.807, 2.05) is 0 Å². The lowest BCUT2D eigenvalue weighted by atomic mass is 10.1. The third kappa shape index (κ3) is 3.73. The Morgan fingerprint density at radius 1 is 1.43 bits per heavy atom. The molecule has 4 nitrogen and oxygen atoms in total. The molecule has 6 heteroatoms. The van der Waals surface area contributed by atoms with Crippen molar-refractivity contribution in [2.45, 2.75) is 19.4 Å². The fourth-order valence-electron chi connectivity index (χ4n) is 0.786. The zero-order chi connectivity index (χ0) is 11.4. The fourth-order valence-corrected chi connectivity index (χ4v) is 2.51. The lowest BCUT2D eigenvalue weighted by Crippen LogP contribution is -2.47. The molecule has 0 aliphatic heterocycles. The molecule has 0 fully saturated rings. The number of hydrogen-bond donors (Lipinski definition) is 0. The molecule has 0 rings (SSSR count). The van der Waals surface area contributed by atoms with Crippen LogP contribution in [0.2, 0.25) is 0 Å². The highest BCUT2D eigenvalue weighted by molar-refractivity contribution is 7.89. The first-order valence-electron chi connectivity index (χ1n) is 4.29. The van der Waals surface area contributed by atoms with Crippen LogP contribution in [0.4, 0.5) is 0 Å². The van der Waals surface area contributed by atoms with E-state index in [1.165, 1.54) is 18.5 Å². The number of ether oxygens (including phenoxy) is 1. The van der Waals surface area contributed by atoms with E-state index >= 15 is 0 Å². The molecule has 0 saturated heterocycles. The van der Waals surface area contributed by atoms with Gasteiger partial charge in [0.25, 0.3) is 0 Å². The van der Waals surface area contributed by atoms with E-state index in [-0.39, 0.29) is 18.2 Å². The van der Waals surface area contributed by atoms with Crippen LogP contribution in [0.1, 0.15) is 13.8 Å². The number of nitrogens with zero attached hydrogens (tertiary/aromatic N) is 1. The molecule has 0 atom stereocenters. The van der Waals surface area contributed by atoms with Crippen molar-refractivity contribution < 1.29 is 13.2 Å². The molecule has 0 heterocycles. The second-order valence-electron chi connectivity index (χ2n) is 3.72. The molecule has 0 saturated carbocycles. The molecule has 0 aliphatic rings. The predicted molar refractivity (Wildman–Crippen MR) is 58.2 cm³/mol. The highest BCUT2D eigenvalue weighted by atomic mass is 35.5.